The number of rotatable bonds is 2. The zero-order chi connectivity index (χ0) is 11.6. The summed E-state index contributed by atoms with van der Waals surface area (Å²) in [7, 11) is 0. The van der Waals surface area contributed by atoms with Crippen LogP contribution in [0.2, 0.25) is 0 Å². The molecule has 0 spiro atoms. The summed E-state index contributed by atoms with van der Waals surface area (Å²) >= 11 is 0. The van der Waals surface area contributed by atoms with Crippen LogP contribution < -0.4 is 10.5 Å². The third kappa shape index (κ3) is 2.87. The smallest absolute Gasteiger partial charge is 0.337 e. The Bertz CT molecular complexity index is 380. The molecule has 0 saturated carbocycles. The fourth-order valence-corrected chi connectivity index (χ4v) is 1.15. The van der Waals surface area contributed by atoms with Crippen molar-refractivity contribution < 1.29 is 14.6 Å². The predicted molar refractivity (Wildman–Crippen MR) is 58.2 cm³/mol. The molecule has 1 rings (SSSR count). The van der Waals surface area contributed by atoms with Crippen LogP contribution in [0.25, 0.3) is 0 Å². The average molecular weight is 209 g/mol. The molecule has 0 atom stereocenters. The van der Waals surface area contributed by atoms with E-state index in [4.69, 9.17) is 15.6 Å². The summed E-state index contributed by atoms with van der Waals surface area (Å²) < 4.78 is 5.53. The predicted octanol–water partition coefficient (Wildman–Crippen LogP) is 2.14. The number of benzene rings is 1. The van der Waals surface area contributed by atoms with Gasteiger partial charge < -0.3 is 15.6 Å². The van der Waals surface area contributed by atoms with Crippen LogP contribution in [0.4, 0.5) is 5.69 Å². The van der Waals surface area contributed by atoms with Gasteiger partial charge in [0.05, 0.1) is 11.3 Å². The van der Waals surface area contributed by atoms with E-state index in [-0.39, 0.29) is 11.3 Å². The van der Waals surface area contributed by atoms with Gasteiger partial charge in [0.2, 0.25) is 0 Å². The molecule has 0 radical (unpaired) electrons. The molecule has 82 valence electrons. The minimum Gasteiger partial charge on any atom is -0.486 e. The highest BCUT2D eigenvalue weighted by Gasteiger charge is 2.17. The van der Waals surface area contributed by atoms with Crippen LogP contribution in [0.3, 0.4) is 0 Å². The van der Waals surface area contributed by atoms with E-state index in [1.807, 2.05) is 20.8 Å². The van der Waals surface area contributed by atoms with Crippen molar-refractivity contribution in [1.82, 2.24) is 0 Å². The second-order valence-electron chi connectivity index (χ2n) is 4.24. The molecule has 3 N–H and O–H groups in total. The molecular weight excluding hydrogens is 194 g/mol. The molecule has 0 unspecified atom stereocenters. The topological polar surface area (TPSA) is 72.5 Å². The lowest BCUT2D eigenvalue weighted by Gasteiger charge is -2.22. The van der Waals surface area contributed by atoms with Gasteiger partial charge in [-0.3, -0.25) is 0 Å². The van der Waals surface area contributed by atoms with E-state index in [2.05, 4.69) is 0 Å². The Morgan fingerprint density at radius 2 is 2.00 bits per heavy atom. The van der Waals surface area contributed by atoms with Crippen molar-refractivity contribution >= 4 is 11.7 Å². The van der Waals surface area contributed by atoms with E-state index < -0.39 is 11.6 Å². The molecule has 15 heavy (non-hydrogen) atoms. The first-order valence-corrected chi connectivity index (χ1v) is 4.62. The zero-order valence-electron chi connectivity index (χ0n) is 9.07. The van der Waals surface area contributed by atoms with Gasteiger partial charge in [-0.1, -0.05) is 6.07 Å². The molecule has 0 fully saturated rings. The number of aromatic carboxylic acids is 1. The van der Waals surface area contributed by atoms with E-state index in [0.29, 0.717) is 5.75 Å². The number of para-hydroxylation sites is 1. The zero-order valence-corrected chi connectivity index (χ0v) is 9.07. The summed E-state index contributed by atoms with van der Waals surface area (Å²) in [5.41, 5.74) is 5.52. The number of nitrogens with two attached hydrogens (primary N) is 1. The van der Waals surface area contributed by atoms with Crippen molar-refractivity contribution in [2.24, 2.45) is 0 Å². The van der Waals surface area contributed by atoms with Crippen molar-refractivity contribution in [3.05, 3.63) is 23.8 Å². The van der Waals surface area contributed by atoms with Gasteiger partial charge in [-0.25, -0.2) is 4.79 Å². The van der Waals surface area contributed by atoms with Gasteiger partial charge in [0.15, 0.2) is 0 Å². The van der Waals surface area contributed by atoms with E-state index >= 15 is 0 Å². The lowest BCUT2D eigenvalue weighted by molar-refractivity contribution is 0.0696. The van der Waals surface area contributed by atoms with Crippen molar-refractivity contribution in [3.8, 4) is 5.75 Å². The average Bonchev–Trinajstić information content (AvgIpc) is 2.05. The van der Waals surface area contributed by atoms with Gasteiger partial charge in [0.1, 0.15) is 11.4 Å². The Hall–Kier alpha value is -1.71. The van der Waals surface area contributed by atoms with Crippen LogP contribution in [-0.2, 0) is 0 Å². The highest BCUT2D eigenvalue weighted by Crippen LogP contribution is 2.28. The number of hydrogen-bond donors (Lipinski definition) is 2. The highest BCUT2D eigenvalue weighted by molar-refractivity contribution is 5.95. The fourth-order valence-electron chi connectivity index (χ4n) is 1.15. The van der Waals surface area contributed by atoms with Crippen molar-refractivity contribution in [3.63, 3.8) is 0 Å². The number of carboxylic acids is 1. The van der Waals surface area contributed by atoms with E-state index in [1.54, 1.807) is 12.1 Å². The van der Waals surface area contributed by atoms with E-state index in [0.717, 1.165) is 0 Å². The molecule has 0 saturated heterocycles. The number of nitrogen functional groups attached to an aromatic ring is 1. The largest absolute Gasteiger partial charge is 0.486 e. The lowest BCUT2D eigenvalue weighted by Crippen LogP contribution is -2.24. The summed E-state index contributed by atoms with van der Waals surface area (Å²) in [4.78, 5) is 10.8. The first-order chi connectivity index (χ1) is 6.81. The van der Waals surface area contributed by atoms with Gasteiger partial charge in [-0.15, -0.1) is 0 Å². The van der Waals surface area contributed by atoms with E-state index in [9.17, 15) is 4.79 Å². The van der Waals surface area contributed by atoms with Crippen LogP contribution in [0.1, 0.15) is 31.1 Å². The molecule has 0 aliphatic rings. The molecule has 4 heteroatoms. The molecule has 0 bridgehead atoms. The quantitative estimate of drug-likeness (QED) is 0.732. The van der Waals surface area contributed by atoms with Crippen LogP contribution in [0, 0.1) is 0 Å². The summed E-state index contributed by atoms with van der Waals surface area (Å²) in [6, 6.07) is 4.72. The first-order valence-electron chi connectivity index (χ1n) is 4.62. The standard InChI is InChI=1S/C11H15NO3/c1-11(2,3)15-8-6-4-5-7(9(8)12)10(13)14/h4-6H,12H2,1-3H3,(H,13,14). The third-order valence-corrected chi connectivity index (χ3v) is 1.71. The molecule has 0 amide bonds. The second-order valence-corrected chi connectivity index (χ2v) is 4.24. The highest BCUT2D eigenvalue weighted by atomic mass is 16.5. The summed E-state index contributed by atoms with van der Waals surface area (Å²) in [5.74, 6) is -0.644. The monoisotopic (exact) mass is 209 g/mol. The summed E-state index contributed by atoms with van der Waals surface area (Å²) in [6.45, 7) is 5.62. The van der Waals surface area contributed by atoms with Crippen LogP contribution in [-0.4, -0.2) is 16.7 Å². The van der Waals surface area contributed by atoms with E-state index in [1.165, 1.54) is 6.07 Å². The Kier molecular flexibility index (Phi) is 2.88. The molecule has 0 aliphatic heterocycles. The maximum atomic E-state index is 10.8. The maximum Gasteiger partial charge on any atom is 0.337 e. The molecule has 1 aromatic carbocycles. The number of anilines is 1. The second kappa shape index (κ2) is 3.81. The Balaban J connectivity index is 3.10. The van der Waals surface area contributed by atoms with Gasteiger partial charge in [0, 0.05) is 0 Å². The summed E-state index contributed by atoms with van der Waals surface area (Å²) in [5, 5.41) is 8.85. The normalized spacial score (nSPS) is 11.1. The first kappa shape index (κ1) is 11.4. The molecule has 4 nitrogen and oxygen atoms in total. The molecule has 1 aromatic rings. The SMILES string of the molecule is CC(C)(C)Oc1cccc(C(=O)O)c1N. The maximum absolute atomic E-state index is 10.8. The van der Waals surface area contributed by atoms with Crippen LogP contribution >= 0.6 is 0 Å². The van der Waals surface area contributed by atoms with Crippen LogP contribution in [0.5, 0.6) is 5.75 Å². The molecule has 0 aliphatic carbocycles. The van der Waals surface area contributed by atoms with Crippen molar-refractivity contribution in [1.29, 1.82) is 0 Å². The van der Waals surface area contributed by atoms with Gasteiger partial charge in [-0.05, 0) is 32.9 Å². The van der Waals surface area contributed by atoms with Gasteiger partial charge in [0.25, 0.3) is 0 Å². The van der Waals surface area contributed by atoms with Crippen molar-refractivity contribution in [2.75, 3.05) is 5.73 Å². The van der Waals surface area contributed by atoms with Gasteiger partial charge in [-0.2, -0.15) is 0 Å². The number of carboxylic acid groups (broad SMARTS) is 1. The Labute approximate surface area is 88.7 Å². The number of hydrogen-bond acceptors (Lipinski definition) is 3. The Morgan fingerprint density at radius 1 is 1.40 bits per heavy atom. The third-order valence-electron chi connectivity index (χ3n) is 1.71. The fraction of sp³-hybridized carbons (Fsp3) is 0.364. The molecule has 0 aromatic heterocycles. The molecular formula is C11H15NO3. The lowest BCUT2D eigenvalue weighted by atomic mass is 10.1. The molecule has 0 heterocycles. The van der Waals surface area contributed by atoms with Gasteiger partial charge >= 0.3 is 5.97 Å². The number of carbonyl (C=O) groups is 1. The minimum absolute atomic E-state index is 0.0664. The summed E-state index contributed by atoms with van der Waals surface area (Å²) in [6.07, 6.45) is 0. The minimum atomic E-state index is -1.05. The number of ether oxygens (including phenoxy) is 1. The Morgan fingerprint density at radius 3 is 2.47 bits per heavy atom. The van der Waals surface area contributed by atoms with Crippen LogP contribution in [0.15, 0.2) is 18.2 Å². The van der Waals surface area contributed by atoms with Crippen molar-refractivity contribution in [2.45, 2.75) is 26.4 Å².